The van der Waals surface area contributed by atoms with Gasteiger partial charge in [-0.2, -0.15) is 0 Å². The van der Waals surface area contributed by atoms with Gasteiger partial charge in [0.05, 0.1) is 0 Å². The molecule has 3 heterocycles. The Labute approximate surface area is 125 Å². The number of aromatic nitrogens is 2. The molecular weight excluding hydrogens is 320 g/mol. The molecule has 3 rings (SSSR count). The Balaban J connectivity index is 1.88. The van der Waals surface area contributed by atoms with E-state index >= 15 is 0 Å². The molecule has 2 N–H and O–H groups in total. The standard InChI is InChI=1S/C14H13BrN4O/c1-9-2-3-17-13(4-9)19-14(20)12(8-18-19)10-5-11(15)7-16-6-10/h2-8,14,18,20H,1H3. The van der Waals surface area contributed by atoms with Crippen LogP contribution in [0.15, 0.2) is 47.5 Å². The van der Waals surface area contributed by atoms with Gasteiger partial charge in [0.2, 0.25) is 0 Å². The van der Waals surface area contributed by atoms with Gasteiger partial charge in [-0.25, -0.2) is 9.99 Å². The molecular formula is C14H13BrN4O. The summed E-state index contributed by atoms with van der Waals surface area (Å²) >= 11 is 3.38. The molecule has 2 aromatic heterocycles. The molecule has 0 aromatic carbocycles. The molecule has 0 saturated carbocycles. The van der Waals surface area contributed by atoms with E-state index in [1.54, 1.807) is 29.8 Å². The molecule has 1 aliphatic rings. The second kappa shape index (κ2) is 5.22. The van der Waals surface area contributed by atoms with Crippen molar-refractivity contribution < 1.29 is 5.11 Å². The maximum absolute atomic E-state index is 10.4. The molecule has 1 unspecified atom stereocenters. The van der Waals surface area contributed by atoms with Gasteiger partial charge in [0.1, 0.15) is 5.82 Å². The maximum Gasteiger partial charge on any atom is 0.175 e. The van der Waals surface area contributed by atoms with Crippen molar-refractivity contribution >= 4 is 27.3 Å². The molecule has 0 spiro atoms. The van der Waals surface area contributed by atoms with Crippen LogP contribution in [-0.2, 0) is 0 Å². The van der Waals surface area contributed by atoms with E-state index in [1.165, 1.54) is 0 Å². The zero-order valence-corrected chi connectivity index (χ0v) is 12.4. The van der Waals surface area contributed by atoms with E-state index in [0.29, 0.717) is 5.82 Å². The van der Waals surface area contributed by atoms with Crippen LogP contribution in [0.25, 0.3) is 5.57 Å². The molecule has 0 amide bonds. The molecule has 1 aliphatic heterocycles. The molecule has 5 nitrogen and oxygen atoms in total. The zero-order valence-electron chi connectivity index (χ0n) is 10.8. The first-order chi connectivity index (χ1) is 9.65. The minimum Gasteiger partial charge on any atom is -0.368 e. The predicted molar refractivity (Wildman–Crippen MR) is 80.5 cm³/mol. The van der Waals surface area contributed by atoms with E-state index in [4.69, 9.17) is 0 Å². The average Bonchev–Trinajstić information content (AvgIpc) is 2.80. The van der Waals surface area contributed by atoms with Gasteiger partial charge in [0, 0.05) is 40.4 Å². The van der Waals surface area contributed by atoms with Crippen LogP contribution in [0.5, 0.6) is 0 Å². The first kappa shape index (κ1) is 13.1. The van der Waals surface area contributed by atoms with Crippen LogP contribution in [0, 0.1) is 6.92 Å². The highest BCUT2D eigenvalue weighted by molar-refractivity contribution is 9.10. The SMILES string of the molecule is Cc1ccnc(N2NC=C(c3cncc(Br)c3)C2O)c1. The van der Waals surface area contributed by atoms with Gasteiger partial charge in [-0.05, 0) is 46.6 Å². The molecule has 0 fully saturated rings. The topological polar surface area (TPSA) is 61.3 Å². The van der Waals surface area contributed by atoms with Gasteiger partial charge in [0.15, 0.2) is 6.23 Å². The first-order valence-electron chi connectivity index (χ1n) is 6.12. The van der Waals surface area contributed by atoms with Crippen LogP contribution < -0.4 is 10.4 Å². The lowest BCUT2D eigenvalue weighted by molar-refractivity contribution is 0.225. The van der Waals surface area contributed by atoms with Crippen LogP contribution in [0.2, 0.25) is 0 Å². The first-order valence-corrected chi connectivity index (χ1v) is 6.91. The van der Waals surface area contributed by atoms with Gasteiger partial charge >= 0.3 is 0 Å². The van der Waals surface area contributed by atoms with Crippen molar-refractivity contribution in [1.29, 1.82) is 0 Å². The number of hydrazine groups is 1. The van der Waals surface area contributed by atoms with E-state index in [-0.39, 0.29) is 0 Å². The molecule has 0 bridgehead atoms. The minimum absolute atomic E-state index is 0.673. The molecule has 0 saturated heterocycles. The number of pyridine rings is 2. The summed E-state index contributed by atoms with van der Waals surface area (Å²) in [6.07, 6.45) is 6.10. The number of aliphatic hydroxyl groups is 1. The smallest absolute Gasteiger partial charge is 0.175 e. The summed E-state index contributed by atoms with van der Waals surface area (Å²) in [7, 11) is 0. The molecule has 0 aliphatic carbocycles. The summed E-state index contributed by atoms with van der Waals surface area (Å²) in [6, 6.07) is 5.74. The van der Waals surface area contributed by atoms with Crippen LogP contribution in [-0.4, -0.2) is 21.3 Å². The van der Waals surface area contributed by atoms with Crippen molar-refractivity contribution in [1.82, 2.24) is 15.4 Å². The molecule has 1 atom stereocenters. The van der Waals surface area contributed by atoms with Crippen LogP contribution in [0.4, 0.5) is 5.82 Å². The van der Waals surface area contributed by atoms with E-state index in [1.807, 2.05) is 25.1 Å². The second-order valence-corrected chi connectivity index (χ2v) is 5.47. The summed E-state index contributed by atoms with van der Waals surface area (Å²) in [5.74, 6) is 0.673. The lowest BCUT2D eigenvalue weighted by Crippen LogP contribution is -2.38. The third-order valence-electron chi connectivity index (χ3n) is 3.07. The third-order valence-corrected chi connectivity index (χ3v) is 3.50. The number of hydrogen-bond donors (Lipinski definition) is 2. The van der Waals surface area contributed by atoms with Crippen LogP contribution in [0.3, 0.4) is 0 Å². The number of aliphatic hydroxyl groups excluding tert-OH is 1. The largest absolute Gasteiger partial charge is 0.368 e. The monoisotopic (exact) mass is 332 g/mol. The van der Waals surface area contributed by atoms with Crippen molar-refractivity contribution in [2.75, 3.05) is 5.01 Å². The van der Waals surface area contributed by atoms with Crippen LogP contribution >= 0.6 is 15.9 Å². The van der Waals surface area contributed by atoms with Gasteiger partial charge in [-0.15, -0.1) is 0 Å². The third kappa shape index (κ3) is 2.39. The highest BCUT2D eigenvalue weighted by atomic mass is 79.9. The number of aryl methyl sites for hydroxylation is 1. The van der Waals surface area contributed by atoms with Crippen molar-refractivity contribution in [2.45, 2.75) is 13.2 Å². The van der Waals surface area contributed by atoms with E-state index in [9.17, 15) is 5.11 Å². The Morgan fingerprint density at radius 1 is 1.35 bits per heavy atom. The number of rotatable bonds is 2. The normalized spacial score (nSPS) is 17.9. The molecule has 2 aromatic rings. The fourth-order valence-corrected chi connectivity index (χ4v) is 2.43. The number of nitrogens with zero attached hydrogens (tertiary/aromatic N) is 3. The van der Waals surface area contributed by atoms with Crippen molar-refractivity contribution in [2.24, 2.45) is 0 Å². The number of nitrogens with one attached hydrogen (secondary N) is 1. The summed E-state index contributed by atoms with van der Waals surface area (Å²) in [5, 5.41) is 12.1. The minimum atomic E-state index is -0.805. The number of hydrogen-bond acceptors (Lipinski definition) is 5. The van der Waals surface area contributed by atoms with Crippen molar-refractivity contribution in [3.8, 4) is 0 Å². The zero-order chi connectivity index (χ0) is 14.1. The predicted octanol–water partition coefficient (Wildman–Crippen LogP) is 2.23. The number of anilines is 1. The summed E-state index contributed by atoms with van der Waals surface area (Å²) in [5.41, 5.74) is 5.73. The highest BCUT2D eigenvalue weighted by Crippen LogP contribution is 2.28. The maximum atomic E-state index is 10.4. The fourth-order valence-electron chi connectivity index (χ4n) is 2.07. The Kier molecular flexibility index (Phi) is 3.42. The Morgan fingerprint density at radius 2 is 2.20 bits per heavy atom. The van der Waals surface area contributed by atoms with Gasteiger partial charge < -0.3 is 10.5 Å². The highest BCUT2D eigenvalue weighted by Gasteiger charge is 2.27. The molecule has 0 radical (unpaired) electrons. The van der Waals surface area contributed by atoms with E-state index in [0.717, 1.165) is 21.2 Å². The fraction of sp³-hybridized carbons (Fsp3) is 0.143. The molecule has 20 heavy (non-hydrogen) atoms. The summed E-state index contributed by atoms with van der Waals surface area (Å²) in [4.78, 5) is 8.38. The van der Waals surface area contributed by atoms with Gasteiger partial charge in [-0.3, -0.25) is 4.98 Å². The number of halogens is 1. The lowest BCUT2D eigenvalue weighted by atomic mass is 10.1. The average molecular weight is 333 g/mol. The van der Waals surface area contributed by atoms with Crippen molar-refractivity contribution in [3.05, 3.63) is 58.6 Å². The Hall–Kier alpha value is -1.92. The van der Waals surface area contributed by atoms with E-state index in [2.05, 4.69) is 31.3 Å². The Morgan fingerprint density at radius 3 is 2.95 bits per heavy atom. The lowest BCUT2D eigenvalue weighted by Gasteiger charge is -2.23. The molecule has 102 valence electrons. The summed E-state index contributed by atoms with van der Waals surface area (Å²) in [6.45, 7) is 1.99. The van der Waals surface area contributed by atoms with E-state index < -0.39 is 6.23 Å². The van der Waals surface area contributed by atoms with Gasteiger partial charge in [-0.1, -0.05) is 0 Å². The Bertz CT molecular complexity index is 674. The quantitative estimate of drug-likeness (QED) is 0.883. The van der Waals surface area contributed by atoms with Gasteiger partial charge in [0.25, 0.3) is 0 Å². The van der Waals surface area contributed by atoms with Crippen molar-refractivity contribution in [3.63, 3.8) is 0 Å². The summed E-state index contributed by atoms with van der Waals surface area (Å²) < 4.78 is 0.871. The van der Waals surface area contributed by atoms with Crippen LogP contribution in [0.1, 0.15) is 11.1 Å². The second-order valence-electron chi connectivity index (χ2n) is 4.56. The molecule has 6 heteroatoms.